The highest BCUT2D eigenvalue weighted by Gasteiger charge is 2.18. The van der Waals surface area contributed by atoms with Crippen molar-refractivity contribution in [2.75, 3.05) is 20.3 Å². The molecule has 0 atom stereocenters. The predicted octanol–water partition coefficient (Wildman–Crippen LogP) is 1.73. The van der Waals surface area contributed by atoms with Crippen molar-refractivity contribution >= 4 is 0 Å². The average Bonchev–Trinajstić information content (AvgIpc) is 2.52. The maximum absolute atomic E-state index is 9.03. The Bertz CT molecular complexity index is 409. The summed E-state index contributed by atoms with van der Waals surface area (Å²) >= 11 is 0. The normalized spacial score (nSPS) is 13.9. The molecule has 0 spiro atoms. The zero-order valence-electron chi connectivity index (χ0n) is 8.45. The number of rotatable bonds is 1. The molecule has 2 rings (SSSR count). The Balaban J connectivity index is 2.53. The topological polar surface area (TPSA) is 51.5 Å². The van der Waals surface area contributed by atoms with Crippen LogP contribution in [0.3, 0.4) is 0 Å². The van der Waals surface area contributed by atoms with E-state index in [4.69, 9.17) is 19.5 Å². The lowest BCUT2D eigenvalue weighted by Gasteiger charge is -2.11. The summed E-state index contributed by atoms with van der Waals surface area (Å²) in [5.41, 5.74) is 0.400. The third-order valence-corrected chi connectivity index (χ3v) is 2.21. The van der Waals surface area contributed by atoms with Crippen LogP contribution < -0.4 is 14.2 Å². The number of hydrogen-bond donors (Lipinski definition) is 0. The van der Waals surface area contributed by atoms with Gasteiger partial charge >= 0.3 is 0 Å². The van der Waals surface area contributed by atoms with Crippen molar-refractivity contribution in [2.24, 2.45) is 0 Å². The van der Waals surface area contributed by atoms with Gasteiger partial charge in [0.2, 0.25) is 0 Å². The van der Waals surface area contributed by atoms with Gasteiger partial charge in [-0.3, -0.25) is 0 Å². The minimum atomic E-state index is 0.400. The summed E-state index contributed by atoms with van der Waals surface area (Å²) in [4.78, 5) is 0. The molecule has 15 heavy (non-hydrogen) atoms. The van der Waals surface area contributed by atoms with Crippen LogP contribution in [0.4, 0.5) is 0 Å². The fraction of sp³-hybridized carbons (Fsp3) is 0.364. The fourth-order valence-electron chi connectivity index (χ4n) is 1.49. The number of hydrogen-bond acceptors (Lipinski definition) is 4. The lowest BCUT2D eigenvalue weighted by atomic mass is 10.2. The van der Waals surface area contributed by atoms with Gasteiger partial charge in [-0.05, 0) is 12.1 Å². The second kappa shape index (κ2) is 4.09. The molecule has 1 aliphatic rings. The van der Waals surface area contributed by atoms with Crippen molar-refractivity contribution in [1.82, 2.24) is 0 Å². The van der Waals surface area contributed by atoms with Crippen molar-refractivity contribution < 1.29 is 14.2 Å². The Morgan fingerprint density at radius 2 is 2.13 bits per heavy atom. The summed E-state index contributed by atoms with van der Waals surface area (Å²) in [5.74, 6) is 1.63. The Labute approximate surface area is 88.0 Å². The van der Waals surface area contributed by atoms with Crippen LogP contribution in [0.1, 0.15) is 12.0 Å². The molecule has 0 fully saturated rings. The Hall–Kier alpha value is -1.89. The average molecular weight is 205 g/mol. The number of nitriles is 1. The molecule has 0 saturated carbocycles. The Morgan fingerprint density at radius 1 is 1.33 bits per heavy atom. The van der Waals surface area contributed by atoms with Gasteiger partial charge in [0.15, 0.2) is 11.5 Å². The number of benzene rings is 1. The highest BCUT2D eigenvalue weighted by atomic mass is 16.5. The van der Waals surface area contributed by atoms with Gasteiger partial charge in [0.25, 0.3) is 0 Å². The van der Waals surface area contributed by atoms with Crippen molar-refractivity contribution in [3.63, 3.8) is 0 Å². The fourth-order valence-corrected chi connectivity index (χ4v) is 1.49. The van der Waals surface area contributed by atoms with Gasteiger partial charge in [-0.25, -0.2) is 0 Å². The van der Waals surface area contributed by atoms with Gasteiger partial charge in [0, 0.05) is 6.42 Å². The molecule has 0 amide bonds. The highest BCUT2D eigenvalue weighted by Crippen LogP contribution is 2.38. The summed E-state index contributed by atoms with van der Waals surface area (Å²) < 4.78 is 16.0. The molecular formula is C11H11NO3. The number of ether oxygens (including phenoxy) is 3. The van der Waals surface area contributed by atoms with E-state index in [1.165, 1.54) is 7.11 Å². The smallest absolute Gasteiger partial charge is 0.182 e. The van der Waals surface area contributed by atoms with Crippen LogP contribution in [0, 0.1) is 11.3 Å². The lowest BCUT2D eigenvalue weighted by Crippen LogP contribution is -1.98. The Morgan fingerprint density at radius 3 is 2.87 bits per heavy atom. The first-order valence-corrected chi connectivity index (χ1v) is 4.73. The summed E-state index contributed by atoms with van der Waals surface area (Å²) in [6, 6.07) is 5.55. The van der Waals surface area contributed by atoms with E-state index in [9.17, 15) is 0 Å². The molecular weight excluding hydrogens is 194 g/mol. The van der Waals surface area contributed by atoms with Gasteiger partial charge in [0.05, 0.1) is 20.3 Å². The third-order valence-electron chi connectivity index (χ3n) is 2.21. The van der Waals surface area contributed by atoms with Crippen LogP contribution in [0.2, 0.25) is 0 Å². The molecule has 1 heterocycles. The first-order valence-electron chi connectivity index (χ1n) is 4.73. The maximum atomic E-state index is 9.03. The molecule has 1 aromatic rings. The highest BCUT2D eigenvalue weighted by molar-refractivity contribution is 5.59. The molecule has 1 aliphatic heterocycles. The molecule has 0 unspecified atom stereocenters. The SMILES string of the molecule is COc1ccc2c(c1C#N)OCCCO2. The van der Waals surface area contributed by atoms with E-state index < -0.39 is 0 Å². The second-order valence-corrected chi connectivity index (χ2v) is 3.13. The molecule has 4 heteroatoms. The monoisotopic (exact) mass is 205 g/mol. The quantitative estimate of drug-likeness (QED) is 0.700. The van der Waals surface area contributed by atoms with Crippen LogP contribution in [-0.4, -0.2) is 20.3 Å². The van der Waals surface area contributed by atoms with E-state index in [1.54, 1.807) is 12.1 Å². The van der Waals surface area contributed by atoms with Gasteiger partial charge < -0.3 is 14.2 Å². The minimum Gasteiger partial charge on any atom is -0.495 e. The lowest BCUT2D eigenvalue weighted by molar-refractivity contribution is 0.296. The molecule has 0 bridgehead atoms. The molecule has 78 valence electrons. The first-order chi connectivity index (χ1) is 7.36. The van der Waals surface area contributed by atoms with Crippen molar-refractivity contribution in [3.05, 3.63) is 17.7 Å². The van der Waals surface area contributed by atoms with Crippen LogP contribution in [-0.2, 0) is 0 Å². The van der Waals surface area contributed by atoms with Gasteiger partial charge in [-0.2, -0.15) is 5.26 Å². The van der Waals surface area contributed by atoms with Crippen molar-refractivity contribution in [2.45, 2.75) is 6.42 Å². The number of nitrogens with zero attached hydrogens (tertiary/aromatic N) is 1. The molecule has 0 aromatic heterocycles. The molecule has 0 aliphatic carbocycles. The van der Waals surface area contributed by atoms with Gasteiger partial charge in [0.1, 0.15) is 17.4 Å². The predicted molar refractivity (Wildman–Crippen MR) is 53.3 cm³/mol. The zero-order valence-corrected chi connectivity index (χ0v) is 8.45. The van der Waals surface area contributed by atoms with Crippen LogP contribution >= 0.6 is 0 Å². The first kappa shape index (κ1) is 9.66. The van der Waals surface area contributed by atoms with Crippen molar-refractivity contribution in [1.29, 1.82) is 5.26 Å². The second-order valence-electron chi connectivity index (χ2n) is 3.13. The van der Waals surface area contributed by atoms with Crippen LogP contribution in [0.5, 0.6) is 17.2 Å². The summed E-state index contributed by atoms with van der Waals surface area (Å²) in [6.07, 6.45) is 0.821. The van der Waals surface area contributed by atoms with E-state index in [0.29, 0.717) is 36.0 Å². The van der Waals surface area contributed by atoms with Crippen LogP contribution in [0.15, 0.2) is 12.1 Å². The summed E-state index contributed by atoms with van der Waals surface area (Å²) in [5, 5.41) is 9.03. The molecule has 0 N–H and O–H groups in total. The zero-order chi connectivity index (χ0) is 10.7. The number of methoxy groups -OCH3 is 1. The largest absolute Gasteiger partial charge is 0.495 e. The van der Waals surface area contributed by atoms with Crippen molar-refractivity contribution in [3.8, 4) is 23.3 Å². The third kappa shape index (κ3) is 1.68. The van der Waals surface area contributed by atoms with Crippen LogP contribution in [0.25, 0.3) is 0 Å². The van der Waals surface area contributed by atoms with E-state index in [2.05, 4.69) is 6.07 Å². The standard InChI is InChI=1S/C11H11NO3/c1-13-9-3-4-10-11(8(9)7-12)15-6-2-5-14-10/h3-4H,2,5-6H2,1H3. The summed E-state index contributed by atoms with van der Waals surface area (Å²) in [6.45, 7) is 1.18. The number of fused-ring (bicyclic) bond motifs is 1. The maximum Gasteiger partial charge on any atom is 0.182 e. The summed E-state index contributed by atoms with van der Waals surface area (Å²) in [7, 11) is 1.53. The Kier molecular flexibility index (Phi) is 2.64. The van der Waals surface area contributed by atoms with Gasteiger partial charge in [-0.15, -0.1) is 0 Å². The molecule has 4 nitrogen and oxygen atoms in total. The molecule has 0 saturated heterocycles. The minimum absolute atomic E-state index is 0.400. The van der Waals surface area contributed by atoms with Gasteiger partial charge in [-0.1, -0.05) is 0 Å². The van der Waals surface area contributed by atoms with E-state index >= 15 is 0 Å². The molecule has 0 radical (unpaired) electrons. The van der Waals surface area contributed by atoms with E-state index in [0.717, 1.165) is 6.42 Å². The molecule has 1 aromatic carbocycles. The van der Waals surface area contributed by atoms with E-state index in [-0.39, 0.29) is 0 Å². The van der Waals surface area contributed by atoms with E-state index in [1.807, 2.05) is 0 Å².